The first-order valence-corrected chi connectivity index (χ1v) is 7.03. The van der Waals surface area contributed by atoms with Crippen molar-refractivity contribution in [2.75, 3.05) is 20.2 Å². The van der Waals surface area contributed by atoms with Crippen LogP contribution in [-0.2, 0) is 0 Å². The molecule has 0 bridgehead atoms. The van der Waals surface area contributed by atoms with Crippen LogP contribution in [-0.4, -0.2) is 41.0 Å². The SMILES string of the molecule is COc1ccc(-c2cncc(C(=O)N3CCCC3)n2)cc1. The van der Waals surface area contributed by atoms with Gasteiger partial charge >= 0.3 is 0 Å². The summed E-state index contributed by atoms with van der Waals surface area (Å²) in [5.74, 6) is 0.756. The number of ether oxygens (including phenoxy) is 1. The van der Waals surface area contributed by atoms with Crippen LogP contribution in [0.4, 0.5) is 0 Å². The first kappa shape index (κ1) is 13.5. The lowest BCUT2D eigenvalue weighted by molar-refractivity contribution is 0.0786. The topological polar surface area (TPSA) is 55.3 Å². The van der Waals surface area contributed by atoms with Crippen molar-refractivity contribution in [2.45, 2.75) is 12.8 Å². The number of benzene rings is 1. The van der Waals surface area contributed by atoms with Gasteiger partial charge in [-0.3, -0.25) is 9.78 Å². The Morgan fingerprint density at radius 3 is 2.52 bits per heavy atom. The van der Waals surface area contributed by atoms with Crippen LogP contribution in [0, 0.1) is 0 Å². The Morgan fingerprint density at radius 2 is 1.86 bits per heavy atom. The molecule has 1 aromatic heterocycles. The van der Waals surface area contributed by atoms with Crippen molar-refractivity contribution >= 4 is 5.91 Å². The van der Waals surface area contributed by atoms with Crippen LogP contribution in [0.15, 0.2) is 36.7 Å². The van der Waals surface area contributed by atoms with Crippen LogP contribution in [0.25, 0.3) is 11.3 Å². The first-order valence-electron chi connectivity index (χ1n) is 7.03. The molecule has 1 aliphatic heterocycles. The Balaban J connectivity index is 1.86. The van der Waals surface area contributed by atoms with Crippen LogP contribution in [0.5, 0.6) is 5.75 Å². The molecule has 1 saturated heterocycles. The number of methoxy groups -OCH3 is 1. The lowest BCUT2D eigenvalue weighted by Gasteiger charge is -2.14. The number of rotatable bonds is 3. The molecule has 5 nitrogen and oxygen atoms in total. The van der Waals surface area contributed by atoms with Crippen LogP contribution in [0.1, 0.15) is 23.3 Å². The first-order chi connectivity index (χ1) is 10.3. The molecule has 0 spiro atoms. The summed E-state index contributed by atoms with van der Waals surface area (Å²) >= 11 is 0. The van der Waals surface area contributed by atoms with Crippen LogP contribution >= 0.6 is 0 Å². The molecule has 0 unspecified atom stereocenters. The average molecular weight is 283 g/mol. The molecule has 2 heterocycles. The van der Waals surface area contributed by atoms with Gasteiger partial charge in [0, 0.05) is 18.7 Å². The van der Waals surface area contributed by atoms with E-state index in [9.17, 15) is 4.79 Å². The second-order valence-corrected chi connectivity index (χ2v) is 5.02. The Bertz CT molecular complexity index is 634. The highest BCUT2D eigenvalue weighted by Gasteiger charge is 2.21. The highest BCUT2D eigenvalue weighted by Crippen LogP contribution is 2.20. The highest BCUT2D eigenvalue weighted by atomic mass is 16.5. The minimum Gasteiger partial charge on any atom is -0.497 e. The van der Waals surface area contributed by atoms with Gasteiger partial charge in [0.25, 0.3) is 5.91 Å². The van der Waals surface area contributed by atoms with Gasteiger partial charge in [0.1, 0.15) is 11.4 Å². The van der Waals surface area contributed by atoms with E-state index in [1.165, 1.54) is 6.20 Å². The van der Waals surface area contributed by atoms with Gasteiger partial charge in [-0.05, 0) is 37.1 Å². The van der Waals surface area contributed by atoms with Crippen molar-refractivity contribution in [1.29, 1.82) is 0 Å². The molecule has 1 aromatic carbocycles. The van der Waals surface area contributed by atoms with E-state index in [0.29, 0.717) is 11.4 Å². The number of nitrogens with zero attached hydrogens (tertiary/aromatic N) is 3. The Hall–Kier alpha value is -2.43. The van der Waals surface area contributed by atoms with Gasteiger partial charge in [-0.25, -0.2) is 4.98 Å². The fraction of sp³-hybridized carbons (Fsp3) is 0.312. The third-order valence-electron chi connectivity index (χ3n) is 3.63. The summed E-state index contributed by atoms with van der Waals surface area (Å²) in [4.78, 5) is 22.8. The maximum atomic E-state index is 12.3. The van der Waals surface area contributed by atoms with Crippen LogP contribution in [0.3, 0.4) is 0 Å². The lowest BCUT2D eigenvalue weighted by atomic mass is 10.1. The van der Waals surface area contributed by atoms with Crippen molar-refractivity contribution in [2.24, 2.45) is 0 Å². The van der Waals surface area contributed by atoms with Gasteiger partial charge in [-0.2, -0.15) is 0 Å². The van der Waals surface area contributed by atoms with E-state index in [4.69, 9.17) is 4.74 Å². The molecule has 1 aliphatic rings. The maximum Gasteiger partial charge on any atom is 0.274 e. The van der Waals surface area contributed by atoms with Crippen molar-refractivity contribution in [3.8, 4) is 17.0 Å². The second kappa shape index (κ2) is 5.91. The number of aromatic nitrogens is 2. The fourth-order valence-electron chi connectivity index (χ4n) is 2.45. The second-order valence-electron chi connectivity index (χ2n) is 5.02. The largest absolute Gasteiger partial charge is 0.497 e. The molecule has 1 fully saturated rings. The molecule has 108 valence electrons. The van der Waals surface area contributed by atoms with Gasteiger partial charge in [0.15, 0.2) is 0 Å². The molecular weight excluding hydrogens is 266 g/mol. The Morgan fingerprint density at radius 1 is 1.14 bits per heavy atom. The average Bonchev–Trinajstić information content (AvgIpc) is 3.09. The molecule has 0 N–H and O–H groups in total. The van der Waals surface area contributed by atoms with Gasteiger partial charge in [0.2, 0.25) is 0 Å². The Labute approximate surface area is 123 Å². The summed E-state index contributed by atoms with van der Waals surface area (Å²) in [5, 5.41) is 0. The normalized spacial score (nSPS) is 14.2. The minimum atomic E-state index is -0.0321. The molecule has 21 heavy (non-hydrogen) atoms. The molecule has 2 aromatic rings. The number of hydrogen-bond acceptors (Lipinski definition) is 4. The maximum absolute atomic E-state index is 12.3. The summed E-state index contributed by atoms with van der Waals surface area (Å²) in [6.07, 6.45) is 5.34. The predicted molar refractivity (Wildman–Crippen MR) is 79.2 cm³/mol. The Kier molecular flexibility index (Phi) is 3.81. The number of likely N-dealkylation sites (tertiary alicyclic amines) is 1. The molecule has 0 radical (unpaired) electrons. The molecule has 0 saturated carbocycles. The van der Waals surface area contributed by atoms with Crippen molar-refractivity contribution < 1.29 is 9.53 Å². The zero-order chi connectivity index (χ0) is 14.7. The van der Waals surface area contributed by atoms with Crippen molar-refractivity contribution in [1.82, 2.24) is 14.9 Å². The number of carbonyl (C=O) groups excluding carboxylic acids is 1. The van der Waals surface area contributed by atoms with Gasteiger partial charge in [-0.1, -0.05) is 0 Å². The third kappa shape index (κ3) is 2.86. The van der Waals surface area contributed by atoms with E-state index in [2.05, 4.69) is 9.97 Å². The van der Waals surface area contributed by atoms with E-state index < -0.39 is 0 Å². The van der Waals surface area contributed by atoms with Gasteiger partial charge in [0.05, 0.1) is 25.2 Å². The third-order valence-corrected chi connectivity index (χ3v) is 3.63. The lowest BCUT2D eigenvalue weighted by Crippen LogP contribution is -2.28. The standard InChI is InChI=1S/C16H17N3O2/c1-21-13-6-4-12(5-7-13)14-10-17-11-15(18-14)16(20)19-8-2-3-9-19/h4-7,10-11H,2-3,8-9H2,1H3. The monoisotopic (exact) mass is 283 g/mol. The van der Waals surface area contributed by atoms with Crippen molar-refractivity contribution in [3.63, 3.8) is 0 Å². The number of hydrogen-bond donors (Lipinski definition) is 0. The zero-order valence-corrected chi connectivity index (χ0v) is 12.0. The summed E-state index contributed by atoms with van der Waals surface area (Å²) in [7, 11) is 1.63. The number of carbonyl (C=O) groups is 1. The molecule has 0 aliphatic carbocycles. The van der Waals surface area contributed by atoms with E-state index >= 15 is 0 Å². The smallest absolute Gasteiger partial charge is 0.274 e. The molecule has 3 rings (SSSR count). The van der Waals surface area contributed by atoms with E-state index in [-0.39, 0.29) is 5.91 Å². The van der Waals surface area contributed by atoms with Gasteiger partial charge in [-0.15, -0.1) is 0 Å². The van der Waals surface area contributed by atoms with Crippen LogP contribution in [0.2, 0.25) is 0 Å². The quantitative estimate of drug-likeness (QED) is 0.868. The predicted octanol–water partition coefficient (Wildman–Crippen LogP) is 2.39. The number of amides is 1. The van der Waals surface area contributed by atoms with E-state index in [1.807, 2.05) is 29.2 Å². The van der Waals surface area contributed by atoms with E-state index in [0.717, 1.165) is 37.2 Å². The zero-order valence-electron chi connectivity index (χ0n) is 12.0. The molecule has 0 atom stereocenters. The van der Waals surface area contributed by atoms with Gasteiger partial charge < -0.3 is 9.64 Å². The van der Waals surface area contributed by atoms with Crippen molar-refractivity contribution in [3.05, 3.63) is 42.4 Å². The van der Waals surface area contributed by atoms with E-state index in [1.54, 1.807) is 13.3 Å². The fourth-order valence-corrected chi connectivity index (χ4v) is 2.45. The summed E-state index contributed by atoms with van der Waals surface area (Å²) < 4.78 is 5.14. The molecular formula is C16H17N3O2. The molecule has 1 amide bonds. The summed E-state index contributed by atoms with van der Waals surface area (Å²) in [6.45, 7) is 1.63. The minimum absolute atomic E-state index is 0.0321. The summed E-state index contributed by atoms with van der Waals surface area (Å²) in [6, 6.07) is 7.55. The highest BCUT2D eigenvalue weighted by molar-refractivity contribution is 5.92. The van der Waals surface area contributed by atoms with Crippen LogP contribution < -0.4 is 4.74 Å². The summed E-state index contributed by atoms with van der Waals surface area (Å²) in [5.41, 5.74) is 2.02. The molecule has 5 heteroatoms.